The summed E-state index contributed by atoms with van der Waals surface area (Å²) < 4.78 is 2.47. The first-order valence-corrected chi connectivity index (χ1v) is 9.42. The lowest BCUT2D eigenvalue weighted by Crippen LogP contribution is -2.33. The molecule has 1 aliphatic heterocycles. The first kappa shape index (κ1) is 14.7. The predicted molar refractivity (Wildman–Crippen MR) is 112 cm³/mol. The van der Waals surface area contributed by atoms with Crippen LogP contribution in [0.4, 0.5) is 0 Å². The highest BCUT2D eigenvalue weighted by atomic mass is 15.0. The lowest BCUT2D eigenvalue weighted by Gasteiger charge is -2.08. The first-order chi connectivity index (χ1) is 13.4. The van der Waals surface area contributed by atoms with Gasteiger partial charge in [0.1, 0.15) is 0 Å². The molecule has 6 rings (SSSR count). The Morgan fingerprint density at radius 1 is 0.630 bits per heavy atom. The molecule has 0 N–H and O–H groups in total. The third kappa shape index (κ3) is 2.09. The summed E-state index contributed by atoms with van der Waals surface area (Å²) in [7, 11) is 0. The van der Waals surface area contributed by atoms with E-state index in [0.29, 0.717) is 0 Å². The number of hydrogen-bond acceptors (Lipinski definition) is 0. The number of hydrogen-bond donors (Lipinski definition) is 0. The van der Waals surface area contributed by atoms with Crippen molar-refractivity contribution < 1.29 is 4.57 Å². The number of pyridine rings is 1. The van der Waals surface area contributed by atoms with Crippen LogP contribution in [0.3, 0.4) is 0 Å². The number of aromatic nitrogens is 1. The van der Waals surface area contributed by atoms with Gasteiger partial charge in [-0.2, -0.15) is 4.57 Å². The molecule has 1 nitrogen and oxygen atoms in total. The van der Waals surface area contributed by atoms with Gasteiger partial charge in [-0.3, -0.25) is 0 Å². The molecule has 1 aromatic heterocycles. The molecule has 0 saturated carbocycles. The van der Waals surface area contributed by atoms with Crippen LogP contribution in [0, 0.1) is 0 Å². The molecule has 0 atom stereocenters. The largest absolute Gasteiger partial charge is 0.215 e. The Kier molecular flexibility index (Phi) is 3.00. The van der Waals surface area contributed by atoms with Crippen molar-refractivity contribution in [2.45, 2.75) is 6.54 Å². The molecule has 0 amide bonds. The molecular weight excluding hydrogens is 326 g/mol. The smallest absolute Gasteiger partial charge is 0.187 e. The van der Waals surface area contributed by atoms with E-state index in [2.05, 4.69) is 102 Å². The number of fused-ring (bicyclic) bond motifs is 7. The van der Waals surface area contributed by atoms with Crippen molar-refractivity contribution in [2.24, 2.45) is 0 Å². The Balaban J connectivity index is 1.76. The summed E-state index contributed by atoms with van der Waals surface area (Å²) in [5.74, 6) is 0. The van der Waals surface area contributed by atoms with Gasteiger partial charge in [0, 0.05) is 23.3 Å². The fourth-order valence-corrected chi connectivity index (χ4v) is 4.51. The number of para-hydroxylation sites is 1. The highest BCUT2D eigenvalue weighted by Gasteiger charge is 2.31. The van der Waals surface area contributed by atoms with E-state index in [0.717, 1.165) is 6.54 Å². The van der Waals surface area contributed by atoms with Gasteiger partial charge in [-0.25, -0.2) is 0 Å². The lowest BCUT2D eigenvalue weighted by molar-refractivity contribution is -0.645. The molecular formula is C26H18N+. The molecule has 0 saturated heterocycles. The van der Waals surface area contributed by atoms with Gasteiger partial charge < -0.3 is 0 Å². The lowest BCUT2D eigenvalue weighted by atomic mass is 9.95. The molecule has 0 bridgehead atoms. The zero-order valence-corrected chi connectivity index (χ0v) is 14.9. The third-order valence-electron chi connectivity index (χ3n) is 5.74. The minimum absolute atomic E-state index is 0.936. The van der Waals surface area contributed by atoms with Crippen LogP contribution in [0.1, 0.15) is 5.56 Å². The Morgan fingerprint density at radius 2 is 1.37 bits per heavy atom. The summed E-state index contributed by atoms with van der Waals surface area (Å²) in [5.41, 5.74) is 7.98. The van der Waals surface area contributed by atoms with Crippen LogP contribution in [-0.2, 0) is 6.54 Å². The van der Waals surface area contributed by atoms with Crippen molar-refractivity contribution in [3.63, 3.8) is 0 Å². The molecule has 4 aromatic carbocycles. The summed E-state index contributed by atoms with van der Waals surface area (Å²) in [5, 5.41) is 3.96. The fraction of sp³-hybridized carbons (Fsp3) is 0.0385. The Bertz CT molecular complexity index is 1330. The molecule has 2 heterocycles. The summed E-state index contributed by atoms with van der Waals surface area (Å²) in [4.78, 5) is 0. The second-order valence-corrected chi connectivity index (χ2v) is 7.23. The number of rotatable bonds is 1. The molecule has 0 fully saturated rings. The molecule has 27 heavy (non-hydrogen) atoms. The van der Waals surface area contributed by atoms with E-state index in [1.807, 2.05) is 0 Å². The zero-order chi connectivity index (χ0) is 17.8. The third-order valence-corrected chi connectivity index (χ3v) is 5.74. The SMILES string of the molecule is c1ccc(-c2cc3[n+](c4ccccc24)Cc2ccc4ccccc4c2-3)cc1. The molecule has 126 valence electrons. The van der Waals surface area contributed by atoms with E-state index in [4.69, 9.17) is 0 Å². The van der Waals surface area contributed by atoms with Crippen LogP contribution < -0.4 is 4.57 Å². The fourth-order valence-electron chi connectivity index (χ4n) is 4.51. The quantitative estimate of drug-likeness (QED) is 0.323. The van der Waals surface area contributed by atoms with E-state index in [1.165, 1.54) is 49.6 Å². The normalized spacial score (nSPS) is 12.3. The molecule has 0 aliphatic carbocycles. The van der Waals surface area contributed by atoms with Gasteiger partial charge in [0.05, 0.1) is 10.9 Å². The maximum atomic E-state index is 2.47. The summed E-state index contributed by atoms with van der Waals surface area (Å²) >= 11 is 0. The monoisotopic (exact) mass is 344 g/mol. The average molecular weight is 344 g/mol. The van der Waals surface area contributed by atoms with Crippen molar-refractivity contribution in [3.8, 4) is 22.4 Å². The second kappa shape index (κ2) is 5.52. The topological polar surface area (TPSA) is 3.88 Å². The first-order valence-electron chi connectivity index (χ1n) is 9.42. The number of nitrogens with zero attached hydrogens (tertiary/aromatic N) is 1. The molecule has 5 aromatic rings. The maximum absolute atomic E-state index is 2.47. The van der Waals surface area contributed by atoms with Crippen molar-refractivity contribution in [2.75, 3.05) is 0 Å². The van der Waals surface area contributed by atoms with Crippen molar-refractivity contribution in [1.82, 2.24) is 0 Å². The Morgan fingerprint density at radius 3 is 2.26 bits per heavy atom. The van der Waals surface area contributed by atoms with Gasteiger partial charge in [0.15, 0.2) is 6.54 Å². The van der Waals surface area contributed by atoms with Gasteiger partial charge in [-0.05, 0) is 22.4 Å². The minimum atomic E-state index is 0.936. The standard InChI is InChI=1S/C26H18N/c1-2-8-18(9-3-1)23-16-25-26-20(15-14-19-10-4-5-11-21(19)26)17-27(25)24-13-7-6-12-22(23)24/h1-16H,17H2/q+1. The highest BCUT2D eigenvalue weighted by molar-refractivity contribution is 6.01. The predicted octanol–water partition coefficient (Wildman–Crippen LogP) is 5.98. The van der Waals surface area contributed by atoms with Crippen LogP contribution in [-0.4, -0.2) is 0 Å². The van der Waals surface area contributed by atoms with Gasteiger partial charge in [0.25, 0.3) is 0 Å². The van der Waals surface area contributed by atoms with Gasteiger partial charge in [0.2, 0.25) is 11.2 Å². The number of benzene rings is 4. The Labute approximate surface area is 158 Å². The van der Waals surface area contributed by atoms with Crippen LogP contribution in [0.15, 0.2) is 97.1 Å². The van der Waals surface area contributed by atoms with E-state index >= 15 is 0 Å². The minimum Gasteiger partial charge on any atom is -0.187 e. The van der Waals surface area contributed by atoms with Crippen molar-refractivity contribution >= 4 is 21.7 Å². The van der Waals surface area contributed by atoms with E-state index in [1.54, 1.807) is 0 Å². The average Bonchev–Trinajstić information content (AvgIpc) is 3.13. The van der Waals surface area contributed by atoms with Crippen LogP contribution >= 0.6 is 0 Å². The van der Waals surface area contributed by atoms with Gasteiger partial charge >= 0.3 is 0 Å². The van der Waals surface area contributed by atoms with E-state index < -0.39 is 0 Å². The second-order valence-electron chi connectivity index (χ2n) is 7.23. The highest BCUT2D eigenvalue weighted by Crippen LogP contribution is 2.38. The van der Waals surface area contributed by atoms with Crippen LogP contribution in [0.5, 0.6) is 0 Å². The van der Waals surface area contributed by atoms with Crippen LogP contribution in [0.25, 0.3) is 44.1 Å². The summed E-state index contributed by atoms with van der Waals surface area (Å²) in [6.07, 6.45) is 0. The van der Waals surface area contributed by atoms with Crippen molar-refractivity contribution in [1.29, 1.82) is 0 Å². The molecule has 0 unspecified atom stereocenters. The molecule has 0 radical (unpaired) electrons. The molecule has 0 spiro atoms. The molecule has 1 aliphatic rings. The Hall–Kier alpha value is -3.45. The van der Waals surface area contributed by atoms with Gasteiger partial charge in [-0.1, -0.05) is 78.9 Å². The van der Waals surface area contributed by atoms with Gasteiger partial charge in [-0.15, -0.1) is 0 Å². The van der Waals surface area contributed by atoms with Crippen molar-refractivity contribution in [3.05, 3.63) is 103 Å². The zero-order valence-electron chi connectivity index (χ0n) is 14.9. The van der Waals surface area contributed by atoms with Crippen LogP contribution in [0.2, 0.25) is 0 Å². The van der Waals surface area contributed by atoms with E-state index in [-0.39, 0.29) is 0 Å². The van der Waals surface area contributed by atoms with E-state index in [9.17, 15) is 0 Å². The molecule has 1 heteroatoms. The summed E-state index contributed by atoms with van der Waals surface area (Å²) in [6, 6.07) is 35.2. The summed E-state index contributed by atoms with van der Waals surface area (Å²) in [6.45, 7) is 0.936. The maximum Gasteiger partial charge on any atom is 0.215 e.